The molecule has 0 spiro atoms. The number of hydrogen-bond acceptors (Lipinski definition) is 6. The van der Waals surface area contributed by atoms with E-state index in [9.17, 15) is 4.79 Å². The Balaban J connectivity index is 0.00000450. The molecule has 2 rings (SSSR count). The Labute approximate surface area is 196 Å². The first-order valence-electron chi connectivity index (χ1n) is 10.1. The van der Waals surface area contributed by atoms with Gasteiger partial charge in [-0.1, -0.05) is 0 Å². The highest BCUT2D eigenvalue weighted by Gasteiger charge is 2.27. The minimum Gasteiger partial charge on any atom is -0.496 e. The molecular weight excluding hydrogens is 501 g/mol. The van der Waals surface area contributed by atoms with Crippen molar-refractivity contribution in [3.05, 3.63) is 17.7 Å². The Morgan fingerprint density at radius 3 is 2.20 bits per heavy atom. The van der Waals surface area contributed by atoms with E-state index in [0.29, 0.717) is 30.4 Å². The summed E-state index contributed by atoms with van der Waals surface area (Å²) < 4.78 is 21.4. The maximum absolute atomic E-state index is 12.0. The van der Waals surface area contributed by atoms with Gasteiger partial charge in [0.05, 0.1) is 40.4 Å². The topological polar surface area (TPSA) is 81.6 Å². The lowest BCUT2D eigenvalue weighted by Crippen LogP contribution is -2.46. The van der Waals surface area contributed by atoms with Crippen LogP contribution in [-0.2, 0) is 16.1 Å². The number of piperidine rings is 1. The third kappa shape index (κ3) is 6.82. The van der Waals surface area contributed by atoms with Gasteiger partial charge in [0, 0.05) is 31.3 Å². The zero-order valence-corrected chi connectivity index (χ0v) is 20.9. The fraction of sp³-hybridized carbons (Fsp3) is 0.619. The van der Waals surface area contributed by atoms with Crippen molar-refractivity contribution in [2.24, 2.45) is 10.9 Å². The first kappa shape index (κ1) is 26.1. The lowest BCUT2D eigenvalue weighted by molar-refractivity contribution is -0.149. The van der Waals surface area contributed by atoms with Gasteiger partial charge < -0.3 is 29.2 Å². The van der Waals surface area contributed by atoms with Crippen LogP contribution in [0.25, 0.3) is 0 Å². The number of benzene rings is 1. The molecule has 1 saturated heterocycles. The molecule has 1 N–H and O–H groups in total. The zero-order chi connectivity index (χ0) is 21.2. The molecule has 0 atom stereocenters. The Hall–Kier alpha value is -1.91. The van der Waals surface area contributed by atoms with E-state index in [4.69, 9.17) is 23.9 Å². The first-order valence-corrected chi connectivity index (χ1v) is 10.1. The number of hydrogen-bond donors (Lipinski definition) is 1. The van der Waals surface area contributed by atoms with Crippen LogP contribution in [0.2, 0.25) is 0 Å². The number of esters is 1. The molecule has 1 aliphatic rings. The second-order valence-corrected chi connectivity index (χ2v) is 6.70. The summed E-state index contributed by atoms with van der Waals surface area (Å²) >= 11 is 0. The summed E-state index contributed by atoms with van der Waals surface area (Å²) in [4.78, 5) is 19.0. The van der Waals surface area contributed by atoms with E-state index < -0.39 is 0 Å². The second kappa shape index (κ2) is 13.4. The molecule has 1 heterocycles. The van der Waals surface area contributed by atoms with Crippen LogP contribution < -0.4 is 19.5 Å². The van der Waals surface area contributed by atoms with Crippen molar-refractivity contribution in [2.75, 3.05) is 47.6 Å². The van der Waals surface area contributed by atoms with Gasteiger partial charge in [-0.2, -0.15) is 0 Å². The van der Waals surface area contributed by atoms with E-state index in [-0.39, 0.29) is 35.9 Å². The highest BCUT2D eigenvalue weighted by molar-refractivity contribution is 14.0. The van der Waals surface area contributed by atoms with E-state index >= 15 is 0 Å². The van der Waals surface area contributed by atoms with Gasteiger partial charge in [0.1, 0.15) is 5.75 Å². The number of rotatable bonds is 8. The van der Waals surface area contributed by atoms with Crippen LogP contribution in [0.3, 0.4) is 0 Å². The molecule has 0 radical (unpaired) electrons. The Kier molecular flexibility index (Phi) is 11.7. The normalized spacial score (nSPS) is 14.6. The van der Waals surface area contributed by atoms with Crippen LogP contribution in [0.15, 0.2) is 17.1 Å². The highest BCUT2D eigenvalue weighted by Crippen LogP contribution is 2.35. The minimum absolute atomic E-state index is 0. The second-order valence-electron chi connectivity index (χ2n) is 6.70. The summed E-state index contributed by atoms with van der Waals surface area (Å²) in [5.41, 5.74) is 0.905. The zero-order valence-electron chi connectivity index (χ0n) is 18.5. The van der Waals surface area contributed by atoms with Crippen LogP contribution in [-0.4, -0.2) is 64.4 Å². The molecule has 0 amide bonds. The van der Waals surface area contributed by atoms with E-state index in [1.807, 2.05) is 19.9 Å². The van der Waals surface area contributed by atoms with Gasteiger partial charge >= 0.3 is 5.97 Å². The molecule has 0 aromatic heterocycles. The quantitative estimate of drug-likeness (QED) is 0.237. The van der Waals surface area contributed by atoms with Crippen molar-refractivity contribution in [1.29, 1.82) is 0 Å². The Bertz CT molecular complexity index is 706. The van der Waals surface area contributed by atoms with Gasteiger partial charge in [-0.3, -0.25) is 4.79 Å². The Morgan fingerprint density at radius 2 is 1.67 bits per heavy atom. The monoisotopic (exact) mass is 535 g/mol. The summed E-state index contributed by atoms with van der Waals surface area (Å²) in [6.07, 6.45) is 1.53. The molecule has 0 unspecified atom stereocenters. The third-order valence-corrected chi connectivity index (χ3v) is 4.94. The van der Waals surface area contributed by atoms with Crippen LogP contribution in [0, 0.1) is 5.92 Å². The lowest BCUT2D eigenvalue weighted by Gasteiger charge is -2.33. The fourth-order valence-electron chi connectivity index (χ4n) is 3.39. The molecule has 9 heteroatoms. The van der Waals surface area contributed by atoms with E-state index in [1.165, 1.54) is 0 Å². The summed E-state index contributed by atoms with van der Waals surface area (Å²) in [6.45, 7) is 7.03. The van der Waals surface area contributed by atoms with Gasteiger partial charge in [0.15, 0.2) is 17.5 Å². The Morgan fingerprint density at radius 1 is 1.07 bits per heavy atom. The van der Waals surface area contributed by atoms with Crippen LogP contribution >= 0.6 is 24.0 Å². The van der Waals surface area contributed by atoms with E-state index in [1.54, 1.807) is 27.4 Å². The van der Waals surface area contributed by atoms with Crippen LogP contribution in [0.5, 0.6) is 17.2 Å². The third-order valence-electron chi connectivity index (χ3n) is 4.94. The maximum Gasteiger partial charge on any atom is 0.309 e. The van der Waals surface area contributed by atoms with E-state index in [0.717, 1.165) is 44.0 Å². The largest absolute Gasteiger partial charge is 0.496 e. The average molecular weight is 535 g/mol. The number of likely N-dealkylation sites (tertiary alicyclic amines) is 1. The van der Waals surface area contributed by atoms with Crippen molar-refractivity contribution in [1.82, 2.24) is 10.2 Å². The maximum atomic E-state index is 12.0. The molecule has 1 aliphatic heterocycles. The number of methoxy groups -OCH3 is 3. The van der Waals surface area contributed by atoms with Crippen molar-refractivity contribution in [3.8, 4) is 17.2 Å². The SMILES string of the molecule is CCNC(=NCc1cc(OC)c(OC)cc1OC)N1CCC(C(=O)OCC)CC1.I. The number of ether oxygens (including phenoxy) is 4. The molecule has 170 valence electrons. The molecule has 0 aliphatic carbocycles. The van der Waals surface area contributed by atoms with Gasteiger partial charge in [0.25, 0.3) is 0 Å². The summed E-state index contributed by atoms with van der Waals surface area (Å²) in [5, 5.41) is 3.34. The standard InChI is InChI=1S/C21H33N3O5.HI/c1-6-22-21(24-10-8-15(9-11-24)20(25)29-7-2)23-14-16-12-18(27-4)19(28-5)13-17(16)26-3;/h12-13,15H,6-11,14H2,1-5H3,(H,22,23);1H. The average Bonchev–Trinajstić information content (AvgIpc) is 2.76. The minimum atomic E-state index is -0.0934. The molecular formula is C21H34IN3O5. The molecule has 1 fully saturated rings. The summed E-state index contributed by atoms with van der Waals surface area (Å²) in [7, 11) is 4.83. The predicted molar refractivity (Wildman–Crippen MR) is 127 cm³/mol. The van der Waals surface area contributed by atoms with E-state index in [2.05, 4.69) is 10.2 Å². The molecule has 1 aromatic rings. The number of carbonyl (C=O) groups excluding carboxylic acids is 1. The van der Waals surface area contributed by atoms with Crippen molar-refractivity contribution >= 4 is 35.9 Å². The molecule has 0 saturated carbocycles. The van der Waals surface area contributed by atoms with Crippen LogP contribution in [0.4, 0.5) is 0 Å². The van der Waals surface area contributed by atoms with Crippen molar-refractivity contribution in [3.63, 3.8) is 0 Å². The highest BCUT2D eigenvalue weighted by atomic mass is 127. The van der Waals surface area contributed by atoms with Gasteiger partial charge in [0.2, 0.25) is 0 Å². The van der Waals surface area contributed by atoms with Crippen molar-refractivity contribution in [2.45, 2.75) is 33.2 Å². The predicted octanol–water partition coefficient (Wildman–Crippen LogP) is 3.07. The van der Waals surface area contributed by atoms with Gasteiger partial charge in [-0.05, 0) is 32.8 Å². The number of carbonyl (C=O) groups is 1. The lowest BCUT2D eigenvalue weighted by atomic mass is 9.97. The van der Waals surface area contributed by atoms with Gasteiger partial charge in [-0.15, -0.1) is 24.0 Å². The molecule has 1 aromatic carbocycles. The molecule has 0 bridgehead atoms. The number of nitrogens with one attached hydrogen (secondary N) is 1. The van der Waals surface area contributed by atoms with Crippen molar-refractivity contribution < 1.29 is 23.7 Å². The number of aliphatic imine (C=N–C) groups is 1. The molecule has 8 nitrogen and oxygen atoms in total. The smallest absolute Gasteiger partial charge is 0.309 e. The molecule has 30 heavy (non-hydrogen) atoms. The van der Waals surface area contributed by atoms with Crippen LogP contribution in [0.1, 0.15) is 32.3 Å². The first-order chi connectivity index (χ1) is 14.1. The summed E-state index contributed by atoms with van der Waals surface area (Å²) in [5.74, 6) is 2.66. The van der Waals surface area contributed by atoms with Gasteiger partial charge in [-0.25, -0.2) is 4.99 Å². The number of halogens is 1. The fourth-order valence-corrected chi connectivity index (χ4v) is 3.39. The number of nitrogens with zero attached hydrogens (tertiary/aromatic N) is 2. The number of guanidine groups is 1. The summed E-state index contributed by atoms with van der Waals surface area (Å²) in [6, 6.07) is 3.69.